The van der Waals surface area contributed by atoms with Crippen LogP contribution in [0.4, 0.5) is 0 Å². The molecule has 1 unspecified atom stereocenters. The van der Waals surface area contributed by atoms with Crippen LogP contribution in [0.1, 0.15) is 42.2 Å². The average molecular weight is 177 g/mol. The predicted octanol–water partition coefficient (Wildman–Crippen LogP) is 2.15. The van der Waals surface area contributed by atoms with Gasteiger partial charge in [-0.25, -0.2) is 0 Å². The summed E-state index contributed by atoms with van der Waals surface area (Å²) in [5.41, 5.74) is 3.45. The Hall–Kier alpha value is -0.890. The summed E-state index contributed by atoms with van der Waals surface area (Å²) in [5.74, 6) is 0. The highest BCUT2D eigenvalue weighted by molar-refractivity contribution is 5.31. The number of pyridine rings is 1. The van der Waals surface area contributed by atoms with E-state index < -0.39 is 0 Å². The Labute approximate surface area is 78.6 Å². The number of aryl methyl sites for hydroxylation is 1. The molecule has 2 heteroatoms. The summed E-state index contributed by atoms with van der Waals surface area (Å²) in [6, 6.07) is 2.02. The molecule has 0 saturated carbocycles. The summed E-state index contributed by atoms with van der Waals surface area (Å²) in [6.45, 7) is 2.10. The molecule has 1 aromatic rings. The van der Waals surface area contributed by atoms with E-state index >= 15 is 0 Å². The molecule has 2 nitrogen and oxygen atoms in total. The van der Waals surface area contributed by atoms with E-state index in [2.05, 4.69) is 11.9 Å². The number of rotatable bonds is 0. The molecule has 0 amide bonds. The number of aliphatic hydroxyl groups excluding tert-OH is 1. The van der Waals surface area contributed by atoms with Crippen LogP contribution in [0.15, 0.2) is 12.3 Å². The molecule has 0 saturated heterocycles. The Morgan fingerprint density at radius 3 is 3.15 bits per heavy atom. The Morgan fingerprint density at radius 1 is 1.46 bits per heavy atom. The van der Waals surface area contributed by atoms with Crippen molar-refractivity contribution in [2.45, 2.75) is 38.7 Å². The smallest absolute Gasteiger partial charge is 0.0962 e. The first-order chi connectivity index (χ1) is 6.29. The van der Waals surface area contributed by atoms with Gasteiger partial charge in [-0.15, -0.1) is 0 Å². The summed E-state index contributed by atoms with van der Waals surface area (Å²) in [6.07, 6.45) is 5.68. The first kappa shape index (κ1) is 8.70. The van der Waals surface area contributed by atoms with E-state index in [0.717, 1.165) is 25.0 Å². The number of nitrogens with zero attached hydrogens (tertiary/aromatic N) is 1. The molecule has 0 aliphatic heterocycles. The van der Waals surface area contributed by atoms with E-state index in [1.165, 1.54) is 17.5 Å². The van der Waals surface area contributed by atoms with Gasteiger partial charge in [0.05, 0.1) is 11.8 Å². The first-order valence-corrected chi connectivity index (χ1v) is 4.91. The van der Waals surface area contributed by atoms with Crippen molar-refractivity contribution in [3.63, 3.8) is 0 Å². The Bertz CT molecular complexity index is 309. The van der Waals surface area contributed by atoms with Crippen LogP contribution in [0.2, 0.25) is 0 Å². The lowest BCUT2D eigenvalue weighted by atomic mass is 10.0. The third-order valence-corrected chi connectivity index (χ3v) is 2.79. The second-order valence-electron chi connectivity index (χ2n) is 3.75. The van der Waals surface area contributed by atoms with E-state index in [9.17, 15) is 5.11 Å². The third-order valence-electron chi connectivity index (χ3n) is 2.79. The highest BCUT2D eigenvalue weighted by Gasteiger charge is 2.18. The van der Waals surface area contributed by atoms with Crippen LogP contribution >= 0.6 is 0 Å². The maximum atomic E-state index is 9.80. The van der Waals surface area contributed by atoms with E-state index in [1.807, 2.05) is 6.07 Å². The van der Waals surface area contributed by atoms with Crippen molar-refractivity contribution in [3.05, 3.63) is 29.1 Å². The van der Waals surface area contributed by atoms with Crippen molar-refractivity contribution >= 4 is 0 Å². The minimum atomic E-state index is -0.336. The Morgan fingerprint density at radius 2 is 2.31 bits per heavy atom. The quantitative estimate of drug-likeness (QED) is 0.616. The highest BCUT2D eigenvalue weighted by Crippen LogP contribution is 2.28. The zero-order valence-corrected chi connectivity index (χ0v) is 7.95. The third kappa shape index (κ3) is 1.59. The van der Waals surface area contributed by atoms with Crippen molar-refractivity contribution < 1.29 is 5.11 Å². The van der Waals surface area contributed by atoms with E-state index in [1.54, 1.807) is 6.20 Å². The highest BCUT2D eigenvalue weighted by atomic mass is 16.3. The summed E-state index contributed by atoms with van der Waals surface area (Å²) in [4.78, 5) is 4.27. The first-order valence-electron chi connectivity index (χ1n) is 4.91. The second-order valence-corrected chi connectivity index (χ2v) is 3.75. The Kier molecular flexibility index (Phi) is 2.32. The molecular weight excluding hydrogens is 162 g/mol. The van der Waals surface area contributed by atoms with E-state index in [0.29, 0.717) is 0 Å². The summed E-state index contributed by atoms with van der Waals surface area (Å²) < 4.78 is 0. The topological polar surface area (TPSA) is 33.1 Å². The number of aromatic nitrogens is 1. The van der Waals surface area contributed by atoms with Gasteiger partial charge in [-0.05, 0) is 43.4 Å². The SMILES string of the molecule is Cc1ccnc2c1CCCCC2O. The van der Waals surface area contributed by atoms with E-state index in [-0.39, 0.29) is 6.10 Å². The van der Waals surface area contributed by atoms with Gasteiger partial charge in [-0.3, -0.25) is 4.98 Å². The van der Waals surface area contributed by atoms with Crippen LogP contribution in [0.25, 0.3) is 0 Å². The average Bonchev–Trinajstić information content (AvgIpc) is 2.30. The predicted molar refractivity (Wildman–Crippen MR) is 51.5 cm³/mol. The lowest BCUT2D eigenvalue weighted by Crippen LogP contribution is -2.03. The van der Waals surface area contributed by atoms with Gasteiger partial charge in [0.15, 0.2) is 0 Å². The second kappa shape index (κ2) is 3.46. The van der Waals surface area contributed by atoms with Crippen LogP contribution in [-0.2, 0) is 6.42 Å². The Balaban J connectivity index is 2.47. The summed E-state index contributed by atoms with van der Waals surface area (Å²) in [5, 5.41) is 9.80. The maximum Gasteiger partial charge on any atom is 0.0962 e. The molecule has 1 heterocycles. The fourth-order valence-corrected chi connectivity index (χ4v) is 2.00. The summed E-state index contributed by atoms with van der Waals surface area (Å²) >= 11 is 0. The van der Waals surface area contributed by atoms with Gasteiger partial charge >= 0.3 is 0 Å². The van der Waals surface area contributed by atoms with Crippen LogP contribution < -0.4 is 0 Å². The number of fused-ring (bicyclic) bond motifs is 1. The molecule has 1 atom stereocenters. The van der Waals surface area contributed by atoms with Crippen molar-refractivity contribution in [3.8, 4) is 0 Å². The molecule has 0 radical (unpaired) electrons. The van der Waals surface area contributed by atoms with Crippen LogP contribution in [-0.4, -0.2) is 10.1 Å². The molecule has 0 fully saturated rings. The van der Waals surface area contributed by atoms with Gasteiger partial charge in [0.2, 0.25) is 0 Å². The van der Waals surface area contributed by atoms with Gasteiger partial charge in [-0.2, -0.15) is 0 Å². The molecule has 70 valence electrons. The van der Waals surface area contributed by atoms with Crippen LogP contribution in [0.5, 0.6) is 0 Å². The molecule has 0 aromatic carbocycles. The largest absolute Gasteiger partial charge is 0.387 e. The van der Waals surface area contributed by atoms with Gasteiger partial charge in [0, 0.05) is 6.20 Å². The molecule has 1 N–H and O–H groups in total. The fourth-order valence-electron chi connectivity index (χ4n) is 2.00. The molecule has 0 bridgehead atoms. The fraction of sp³-hybridized carbons (Fsp3) is 0.545. The molecular formula is C11H15NO. The number of aliphatic hydroxyl groups is 1. The minimum absolute atomic E-state index is 0.336. The van der Waals surface area contributed by atoms with Crippen molar-refractivity contribution in [1.82, 2.24) is 4.98 Å². The molecule has 2 rings (SSSR count). The van der Waals surface area contributed by atoms with Gasteiger partial charge in [-0.1, -0.05) is 6.42 Å². The van der Waals surface area contributed by atoms with Crippen LogP contribution in [0, 0.1) is 6.92 Å². The van der Waals surface area contributed by atoms with Crippen LogP contribution in [0.3, 0.4) is 0 Å². The molecule has 0 spiro atoms. The number of hydrogen-bond acceptors (Lipinski definition) is 2. The van der Waals surface area contributed by atoms with E-state index in [4.69, 9.17) is 0 Å². The lowest BCUT2D eigenvalue weighted by Gasteiger charge is -2.11. The normalized spacial score (nSPS) is 22.2. The standard InChI is InChI=1S/C11H15NO/c1-8-6-7-12-11-9(8)4-2-3-5-10(11)13/h6-7,10,13H,2-5H2,1H3. The summed E-state index contributed by atoms with van der Waals surface area (Å²) in [7, 11) is 0. The monoisotopic (exact) mass is 177 g/mol. The maximum absolute atomic E-state index is 9.80. The van der Waals surface area contributed by atoms with Crippen molar-refractivity contribution in [2.24, 2.45) is 0 Å². The van der Waals surface area contributed by atoms with Gasteiger partial charge in [0.1, 0.15) is 0 Å². The lowest BCUT2D eigenvalue weighted by molar-refractivity contribution is 0.162. The molecule has 1 aliphatic carbocycles. The molecule has 1 aromatic heterocycles. The van der Waals surface area contributed by atoms with Gasteiger partial charge in [0.25, 0.3) is 0 Å². The minimum Gasteiger partial charge on any atom is -0.387 e. The van der Waals surface area contributed by atoms with Crippen molar-refractivity contribution in [2.75, 3.05) is 0 Å². The molecule has 13 heavy (non-hydrogen) atoms. The number of hydrogen-bond donors (Lipinski definition) is 1. The zero-order chi connectivity index (χ0) is 9.26. The van der Waals surface area contributed by atoms with Crippen molar-refractivity contribution in [1.29, 1.82) is 0 Å². The van der Waals surface area contributed by atoms with Gasteiger partial charge < -0.3 is 5.11 Å². The zero-order valence-electron chi connectivity index (χ0n) is 7.95. The molecule has 1 aliphatic rings.